The molecule has 3 aliphatic rings. The fraction of sp³-hybridized carbons (Fsp3) is 0.750. The molecular formula is C20H31N3O2. The molecule has 0 radical (unpaired) electrons. The molecule has 1 aromatic rings. The molecule has 1 aromatic heterocycles. The van der Waals surface area contributed by atoms with Crippen LogP contribution in [0.5, 0.6) is 0 Å². The predicted molar refractivity (Wildman–Crippen MR) is 97.4 cm³/mol. The SMILES string of the molecule is Cc1ccc(CN2CCC[C@]3(CCN(C(=O)NC4CCCC4)C3)C2)o1. The Morgan fingerprint density at radius 1 is 1.20 bits per heavy atom. The molecule has 0 unspecified atom stereocenters. The molecule has 1 atom stereocenters. The van der Waals surface area contributed by atoms with Crippen molar-refractivity contribution in [1.82, 2.24) is 15.1 Å². The van der Waals surface area contributed by atoms with Crippen molar-refractivity contribution in [1.29, 1.82) is 0 Å². The van der Waals surface area contributed by atoms with E-state index in [-0.39, 0.29) is 11.4 Å². The number of piperidine rings is 1. The summed E-state index contributed by atoms with van der Waals surface area (Å²) in [6.07, 6.45) is 8.43. The molecular weight excluding hydrogens is 314 g/mol. The van der Waals surface area contributed by atoms with E-state index in [0.29, 0.717) is 6.04 Å². The van der Waals surface area contributed by atoms with E-state index in [2.05, 4.69) is 21.2 Å². The molecule has 3 heterocycles. The van der Waals surface area contributed by atoms with Crippen molar-refractivity contribution in [3.63, 3.8) is 0 Å². The van der Waals surface area contributed by atoms with Gasteiger partial charge in [0, 0.05) is 31.1 Å². The van der Waals surface area contributed by atoms with Gasteiger partial charge in [-0.2, -0.15) is 0 Å². The number of carbonyl (C=O) groups is 1. The van der Waals surface area contributed by atoms with Gasteiger partial charge in [-0.1, -0.05) is 12.8 Å². The van der Waals surface area contributed by atoms with E-state index in [4.69, 9.17) is 4.42 Å². The van der Waals surface area contributed by atoms with Crippen LogP contribution in [-0.2, 0) is 6.54 Å². The van der Waals surface area contributed by atoms with Gasteiger partial charge in [0.15, 0.2) is 0 Å². The van der Waals surface area contributed by atoms with Crippen LogP contribution < -0.4 is 5.32 Å². The lowest BCUT2D eigenvalue weighted by molar-refractivity contribution is 0.0842. The predicted octanol–water partition coefficient (Wildman–Crippen LogP) is 3.53. The summed E-state index contributed by atoms with van der Waals surface area (Å²) in [5.41, 5.74) is 0.285. The second-order valence-corrected chi connectivity index (χ2v) is 8.43. The minimum atomic E-state index is 0.169. The van der Waals surface area contributed by atoms with E-state index < -0.39 is 0 Å². The Hall–Kier alpha value is -1.49. The van der Waals surface area contributed by atoms with Crippen molar-refractivity contribution in [2.75, 3.05) is 26.2 Å². The molecule has 1 N–H and O–H groups in total. The second-order valence-electron chi connectivity index (χ2n) is 8.43. The molecule has 0 aromatic carbocycles. The molecule has 1 aliphatic carbocycles. The molecule has 3 fully saturated rings. The minimum Gasteiger partial charge on any atom is -0.465 e. The van der Waals surface area contributed by atoms with Crippen molar-refractivity contribution in [3.05, 3.63) is 23.7 Å². The molecule has 5 heteroatoms. The number of likely N-dealkylation sites (tertiary alicyclic amines) is 2. The Morgan fingerprint density at radius 3 is 2.80 bits per heavy atom. The first-order valence-electron chi connectivity index (χ1n) is 9.95. The van der Waals surface area contributed by atoms with Crippen LogP contribution in [0.2, 0.25) is 0 Å². The standard InChI is InChI=1S/C20H31N3O2/c1-16-7-8-18(25-16)13-22-11-4-9-20(14-22)10-12-23(15-20)19(24)21-17-5-2-3-6-17/h7-8,17H,2-6,9-15H2,1H3,(H,21,24)/t20-/m0/s1. The number of furan rings is 1. The summed E-state index contributed by atoms with van der Waals surface area (Å²) in [5, 5.41) is 3.25. The number of urea groups is 1. The highest BCUT2D eigenvalue weighted by molar-refractivity contribution is 5.75. The number of carbonyl (C=O) groups excluding carboxylic acids is 1. The molecule has 2 saturated heterocycles. The van der Waals surface area contributed by atoms with Crippen molar-refractivity contribution in [2.45, 2.75) is 64.5 Å². The molecule has 4 rings (SSSR count). The maximum absolute atomic E-state index is 12.6. The van der Waals surface area contributed by atoms with E-state index in [9.17, 15) is 4.79 Å². The van der Waals surface area contributed by atoms with Crippen LogP contribution in [0.1, 0.15) is 56.5 Å². The van der Waals surface area contributed by atoms with Crippen LogP contribution in [0, 0.1) is 12.3 Å². The zero-order valence-corrected chi connectivity index (χ0v) is 15.4. The quantitative estimate of drug-likeness (QED) is 0.912. The zero-order valence-electron chi connectivity index (χ0n) is 15.4. The summed E-state index contributed by atoms with van der Waals surface area (Å²) in [4.78, 5) is 17.2. The summed E-state index contributed by atoms with van der Waals surface area (Å²) in [7, 11) is 0. The number of aryl methyl sites for hydroxylation is 1. The Labute approximate surface area is 150 Å². The number of nitrogens with zero attached hydrogens (tertiary/aromatic N) is 2. The van der Waals surface area contributed by atoms with Gasteiger partial charge >= 0.3 is 6.03 Å². The summed E-state index contributed by atoms with van der Waals surface area (Å²) in [6, 6.07) is 4.71. The first kappa shape index (κ1) is 17.0. The normalized spacial score (nSPS) is 28.1. The van der Waals surface area contributed by atoms with Gasteiger partial charge in [0.2, 0.25) is 0 Å². The maximum atomic E-state index is 12.6. The Kier molecular flexibility index (Phi) is 4.76. The average Bonchev–Trinajstić information content (AvgIpc) is 3.31. The summed E-state index contributed by atoms with van der Waals surface area (Å²) < 4.78 is 5.75. The Morgan fingerprint density at radius 2 is 2.04 bits per heavy atom. The monoisotopic (exact) mass is 345 g/mol. The fourth-order valence-electron chi connectivity index (χ4n) is 5.01. The number of nitrogens with one attached hydrogen (secondary N) is 1. The van der Waals surface area contributed by atoms with Gasteiger partial charge in [-0.05, 0) is 57.7 Å². The van der Waals surface area contributed by atoms with Gasteiger partial charge in [-0.3, -0.25) is 4.90 Å². The lowest BCUT2D eigenvalue weighted by Crippen LogP contribution is -2.47. The van der Waals surface area contributed by atoms with Crippen molar-refractivity contribution >= 4 is 6.03 Å². The minimum absolute atomic E-state index is 0.169. The Bertz CT molecular complexity index is 608. The van der Waals surface area contributed by atoms with Crippen LogP contribution in [0.3, 0.4) is 0 Å². The maximum Gasteiger partial charge on any atom is 0.317 e. The third-order valence-corrected chi connectivity index (χ3v) is 6.32. The summed E-state index contributed by atoms with van der Waals surface area (Å²) in [5.74, 6) is 2.04. The van der Waals surface area contributed by atoms with Crippen molar-refractivity contribution in [2.24, 2.45) is 5.41 Å². The Balaban J connectivity index is 1.33. The van der Waals surface area contributed by atoms with E-state index in [0.717, 1.165) is 63.5 Å². The van der Waals surface area contributed by atoms with E-state index >= 15 is 0 Å². The summed E-state index contributed by atoms with van der Waals surface area (Å²) in [6.45, 7) is 6.93. The molecule has 25 heavy (non-hydrogen) atoms. The highest BCUT2D eigenvalue weighted by Gasteiger charge is 2.43. The molecule has 138 valence electrons. The van der Waals surface area contributed by atoms with E-state index in [1.807, 2.05) is 13.0 Å². The average molecular weight is 345 g/mol. The number of hydrogen-bond donors (Lipinski definition) is 1. The highest BCUT2D eigenvalue weighted by Crippen LogP contribution is 2.39. The number of rotatable bonds is 3. The first-order valence-corrected chi connectivity index (χ1v) is 9.95. The van der Waals surface area contributed by atoms with Gasteiger partial charge in [-0.25, -0.2) is 4.79 Å². The van der Waals surface area contributed by atoms with Gasteiger partial charge in [0.05, 0.1) is 6.54 Å². The fourth-order valence-corrected chi connectivity index (χ4v) is 5.01. The second kappa shape index (κ2) is 7.02. The van der Waals surface area contributed by atoms with E-state index in [1.54, 1.807) is 0 Å². The van der Waals surface area contributed by atoms with Crippen LogP contribution in [0.4, 0.5) is 4.79 Å². The molecule has 2 amide bonds. The third-order valence-electron chi connectivity index (χ3n) is 6.32. The van der Waals surface area contributed by atoms with Gasteiger partial charge < -0.3 is 14.6 Å². The summed E-state index contributed by atoms with van der Waals surface area (Å²) >= 11 is 0. The van der Waals surface area contributed by atoms with E-state index in [1.165, 1.54) is 25.7 Å². The van der Waals surface area contributed by atoms with Crippen molar-refractivity contribution < 1.29 is 9.21 Å². The molecule has 1 saturated carbocycles. The third kappa shape index (κ3) is 3.86. The lowest BCUT2D eigenvalue weighted by atomic mass is 9.79. The molecule has 1 spiro atoms. The topological polar surface area (TPSA) is 48.7 Å². The van der Waals surface area contributed by atoms with Crippen LogP contribution in [0.25, 0.3) is 0 Å². The van der Waals surface area contributed by atoms with Gasteiger partial charge in [-0.15, -0.1) is 0 Å². The van der Waals surface area contributed by atoms with Gasteiger partial charge in [0.1, 0.15) is 11.5 Å². The van der Waals surface area contributed by atoms with Crippen LogP contribution in [-0.4, -0.2) is 48.1 Å². The largest absolute Gasteiger partial charge is 0.465 e. The van der Waals surface area contributed by atoms with Crippen LogP contribution in [0.15, 0.2) is 16.5 Å². The molecule has 0 bridgehead atoms. The first-order chi connectivity index (χ1) is 12.1. The number of hydrogen-bond acceptors (Lipinski definition) is 3. The zero-order chi connectivity index (χ0) is 17.3. The molecule has 2 aliphatic heterocycles. The number of amides is 2. The lowest BCUT2D eigenvalue weighted by Gasteiger charge is -2.40. The van der Waals surface area contributed by atoms with Crippen LogP contribution >= 0.6 is 0 Å². The van der Waals surface area contributed by atoms with Crippen molar-refractivity contribution in [3.8, 4) is 0 Å². The molecule has 5 nitrogen and oxygen atoms in total. The smallest absolute Gasteiger partial charge is 0.317 e. The van der Waals surface area contributed by atoms with Gasteiger partial charge in [0.25, 0.3) is 0 Å². The highest BCUT2D eigenvalue weighted by atomic mass is 16.3.